The van der Waals surface area contributed by atoms with Crippen LogP contribution in [0.4, 0.5) is 22.7 Å². The van der Waals surface area contributed by atoms with Gasteiger partial charge < -0.3 is 23.7 Å². The number of azo groups is 2. The monoisotopic (exact) mass is 918 g/mol. The van der Waals surface area contributed by atoms with Crippen LogP contribution < -0.4 is 18.9 Å². The van der Waals surface area contributed by atoms with Crippen LogP contribution in [-0.2, 0) is 16.0 Å². The van der Waals surface area contributed by atoms with Gasteiger partial charge in [0.15, 0.2) is 0 Å². The van der Waals surface area contributed by atoms with Crippen LogP contribution in [0.3, 0.4) is 0 Å². The Balaban J connectivity index is 0.000000362. The number of aryl methyl sites for hydroxylation is 1. The van der Waals surface area contributed by atoms with E-state index in [0.717, 1.165) is 121 Å². The molecule has 356 valence electrons. The highest BCUT2D eigenvalue weighted by atomic mass is 16.5. The fourth-order valence-corrected chi connectivity index (χ4v) is 6.99. The van der Waals surface area contributed by atoms with Crippen molar-refractivity contribution in [3.05, 3.63) is 157 Å². The molecule has 68 heavy (non-hydrogen) atoms. The van der Waals surface area contributed by atoms with Gasteiger partial charge in [-0.1, -0.05) is 69.2 Å². The van der Waals surface area contributed by atoms with Crippen LogP contribution in [0.1, 0.15) is 99.9 Å². The number of ether oxygens (including phenoxy) is 5. The van der Waals surface area contributed by atoms with Gasteiger partial charge in [-0.25, -0.2) is 4.79 Å². The fraction of sp³-hybridized carbons (Fsp3) is 0.333. The van der Waals surface area contributed by atoms with Crippen molar-refractivity contribution in [2.45, 2.75) is 90.4 Å². The van der Waals surface area contributed by atoms with Crippen molar-refractivity contribution in [1.29, 1.82) is 0 Å². The molecule has 6 aromatic carbocycles. The average molecular weight is 919 g/mol. The van der Waals surface area contributed by atoms with Gasteiger partial charge in [-0.2, -0.15) is 10.2 Å². The molecule has 0 bridgehead atoms. The first-order valence-corrected chi connectivity index (χ1v) is 23.9. The number of esters is 1. The van der Waals surface area contributed by atoms with Crippen molar-refractivity contribution >= 4 is 45.8 Å². The van der Waals surface area contributed by atoms with Crippen LogP contribution in [0.25, 0.3) is 10.8 Å². The highest BCUT2D eigenvalue weighted by Gasteiger charge is 2.06. The number of fused-ring (bicyclic) bond motifs is 1. The van der Waals surface area contributed by atoms with Crippen molar-refractivity contribution in [3.8, 4) is 23.0 Å². The molecular weight excluding hydrogens is 853 g/mol. The van der Waals surface area contributed by atoms with E-state index < -0.39 is 0 Å². The smallest absolute Gasteiger partial charge is 0.330 e. The van der Waals surface area contributed by atoms with E-state index in [1.165, 1.54) is 37.3 Å². The number of hydrogen-bond donors (Lipinski definition) is 0. The summed E-state index contributed by atoms with van der Waals surface area (Å²) in [4.78, 5) is 21.3. The molecule has 0 radical (unpaired) electrons. The molecule has 0 heterocycles. The third kappa shape index (κ3) is 19.4. The summed E-state index contributed by atoms with van der Waals surface area (Å²) in [7, 11) is 1.66. The van der Waals surface area contributed by atoms with Gasteiger partial charge in [0.25, 0.3) is 0 Å². The van der Waals surface area contributed by atoms with E-state index in [-0.39, 0.29) is 5.97 Å². The molecule has 11 nitrogen and oxygen atoms in total. The Kier molecular flexibility index (Phi) is 23.6. The number of carbonyl (C=O) groups is 2. The topological polar surface area (TPSA) is 130 Å². The zero-order valence-corrected chi connectivity index (χ0v) is 39.7. The standard InChI is InChI=1S/C41H46N4O3.C16H20O4/c1-3-4-5-8-13-32-16-18-33(19-17-32)42-44-40-28-29-41(39-15-10-9-14-38(39)40)45-43-34-20-22-36(23-21-34)47-30-11-6-7-12-31-48-37-26-24-35(46-2)25-27-37;1-2-16(18)20-12-6-4-3-5-11-19-15-9-7-14(13-17)8-10-15/h9-10,14-29H,3-8,11-13,30-31H2,1-2H3;2,7-10,13H,1,3-6,11-12H2. The van der Waals surface area contributed by atoms with Gasteiger partial charge in [-0.05, 0) is 167 Å². The normalized spacial score (nSPS) is 11.0. The Bertz CT molecular complexity index is 2440. The summed E-state index contributed by atoms with van der Waals surface area (Å²) in [5.74, 6) is 2.94. The maximum atomic E-state index is 10.8. The van der Waals surface area contributed by atoms with E-state index in [1.807, 2.05) is 97.1 Å². The summed E-state index contributed by atoms with van der Waals surface area (Å²) < 4.78 is 27.3. The van der Waals surface area contributed by atoms with Gasteiger partial charge in [-0.15, -0.1) is 10.2 Å². The summed E-state index contributed by atoms with van der Waals surface area (Å²) in [6, 6.07) is 42.9. The molecule has 0 atom stereocenters. The van der Waals surface area contributed by atoms with Crippen LogP contribution in [-0.4, -0.2) is 45.8 Å². The maximum absolute atomic E-state index is 10.8. The lowest BCUT2D eigenvalue weighted by Gasteiger charge is -2.08. The number of nitrogens with zero attached hydrogens (tertiary/aromatic N) is 4. The number of aldehydes is 1. The summed E-state index contributed by atoms with van der Waals surface area (Å²) in [6.07, 6.45) is 16.2. The molecule has 0 aliphatic carbocycles. The molecular formula is C57H66N4O7. The van der Waals surface area contributed by atoms with E-state index in [9.17, 15) is 9.59 Å². The number of carbonyl (C=O) groups excluding carboxylic acids is 2. The average Bonchev–Trinajstić information content (AvgIpc) is 3.39. The van der Waals surface area contributed by atoms with Crippen molar-refractivity contribution in [3.63, 3.8) is 0 Å². The fourth-order valence-electron chi connectivity index (χ4n) is 6.99. The zero-order chi connectivity index (χ0) is 47.9. The van der Waals surface area contributed by atoms with Crippen LogP contribution >= 0.6 is 0 Å². The first kappa shape index (κ1) is 51.8. The second-order valence-electron chi connectivity index (χ2n) is 16.1. The van der Waals surface area contributed by atoms with Crippen molar-refractivity contribution < 1.29 is 33.3 Å². The molecule has 6 aromatic rings. The number of unbranched alkanes of at least 4 members (excludes halogenated alkanes) is 9. The van der Waals surface area contributed by atoms with E-state index in [0.29, 0.717) is 32.0 Å². The Labute approximate surface area is 402 Å². The predicted octanol–water partition coefficient (Wildman–Crippen LogP) is 16.0. The SMILES string of the molecule is C=CC(=O)OCCCCCCOc1ccc(C=O)cc1.CCCCCCc1ccc(N=Nc2ccc(N=Nc3ccc(OCCCCCCOc4ccc(OC)cc4)cc3)c3ccccc23)cc1. The number of benzene rings is 6. The van der Waals surface area contributed by atoms with E-state index in [1.54, 1.807) is 31.4 Å². The van der Waals surface area contributed by atoms with Crippen LogP contribution in [0.5, 0.6) is 23.0 Å². The van der Waals surface area contributed by atoms with Gasteiger partial charge in [0, 0.05) is 22.4 Å². The molecule has 0 spiro atoms. The first-order valence-electron chi connectivity index (χ1n) is 23.9. The Morgan fingerprint density at radius 2 is 0.941 bits per heavy atom. The highest BCUT2D eigenvalue weighted by molar-refractivity contribution is 5.99. The lowest BCUT2D eigenvalue weighted by atomic mass is 10.1. The lowest BCUT2D eigenvalue weighted by molar-refractivity contribution is -0.137. The minimum Gasteiger partial charge on any atom is -0.497 e. The third-order valence-corrected chi connectivity index (χ3v) is 10.9. The second kappa shape index (κ2) is 30.9. The molecule has 0 N–H and O–H groups in total. The predicted molar refractivity (Wildman–Crippen MR) is 272 cm³/mol. The summed E-state index contributed by atoms with van der Waals surface area (Å²) in [5, 5.41) is 20.1. The van der Waals surface area contributed by atoms with Crippen LogP contribution in [0, 0.1) is 0 Å². The third-order valence-electron chi connectivity index (χ3n) is 10.9. The second-order valence-corrected chi connectivity index (χ2v) is 16.1. The van der Waals surface area contributed by atoms with Gasteiger partial charge in [0.2, 0.25) is 0 Å². The molecule has 0 saturated carbocycles. The van der Waals surface area contributed by atoms with E-state index in [4.69, 9.17) is 23.7 Å². The maximum Gasteiger partial charge on any atom is 0.330 e. The molecule has 6 rings (SSSR count). The Hall–Kier alpha value is -7.14. The Morgan fingerprint density at radius 3 is 1.41 bits per heavy atom. The van der Waals surface area contributed by atoms with Crippen LogP contribution in [0.15, 0.2) is 167 Å². The molecule has 0 amide bonds. The lowest BCUT2D eigenvalue weighted by Crippen LogP contribution is -2.02. The molecule has 0 saturated heterocycles. The minimum atomic E-state index is -0.368. The molecule has 0 unspecified atom stereocenters. The molecule has 0 aliphatic rings. The van der Waals surface area contributed by atoms with Gasteiger partial charge >= 0.3 is 5.97 Å². The van der Waals surface area contributed by atoms with Crippen molar-refractivity contribution in [1.82, 2.24) is 0 Å². The molecule has 11 heteroatoms. The first-order chi connectivity index (χ1) is 33.5. The van der Waals surface area contributed by atoms with Gasteiger partial charge in [-0.3, -0.25) is 4.79 Å². The van der Waals surface area contributed by atoms with Crippen molar-refractivity contribution in [2.75, 3.05) is 33.5 Å². The summed E-state index contributed by atoms with van der Waals surface area (Å²) in [5.41, 5.74) is 5.19. The number of methoxy groups -OCH3 is 1. The summed E-state index contributed by atoms with van der Waals surface area (Å²) in [6.45, 7) is 8.05. The summed E-state index contributed by atoms with van der Waals surface area (Å²) >= 11 is 0. The molecule has 0 aromatic heterocycles. The Morgan fingerprint density at radius 1 is 0.500 bits per heavy atom. The van der Waals surface area contributed by atoms with Gasteiger partial charge in [0.1, 0.15) is 29.3 Å². The van der Waals surface area contributed by atoms with Crippen LogP contribution in [0.2, 0.25) is 0 Å². The quantitative estimate of drug-likeness (QED) is 0.0151. The molecule has 0 aliphatic heterocycles. The van der Waals surface area contributed by atoms with Crippen molar-refractivity contribution in [2.24, 2.45) is 20.5 Å². The minimum absolute atomic E-state index is 0.368. The number of hydrogen-bond acceptors (Lipinski definition) is 11. The largest absolute Gasteiger partial charge is 0.497 e. The number of rotatable bonds is 29. The van der Waals surface area contributed by atoms with Gasteiger partial charge in [0.05, 0.1) is 56.3 Å². The van der Waals surface area contributed by atoms with E-state index in [2.05, 4.69) is 46.1 Å². The van der Waals surface area contributed by atoms with E-state index >= 15 is 0 Å². The highest BCUT2D eigenvalue weighted by Crippen LogP contribution is 2.35. The molecule has 0 fully saturated rings. The zero-order valence-electron chi connectivity index (χ0n) is 39.7.